The number of amides is 9. The first kappa shape index (κ1) is 56.5. The topological polar surface area (TPSA) is 369 Å². The van der Waals surface area contributed by atoms with Gasteiger partial charge in [-0.05, 0) is 54.0 Å². The molecule has 0 bridgehead atoms. The number of fused-ring (bicyclic) bond motifs is 1. The highest BCUT2D eigenvalue weighted by molar-refractivity contribution is 5.98. The Labute approximate surface area is 428 Å². The van der Waals surface area contributed by atoms with Crippen molar-refractivity contribution in [1.29, 1.82) is 0 Å². The van der Waals surface area contributed by atoms with Gasteiger partial charge in [0.25, 0.3) is 0 Å². The van der Waals surface area contributed by atoms with Gasteiger partial charge in [-0.15, -0.1) is 0 Å². The Bertz CT molecular complexity index is 2600. The number of primary amides is 1. The summed E-state index contributed by atoms with van der Waals surface area (Å²) in [5.41, 5.74) is 18.7. The predicted molar refractivity (Wildman–Crippen MR) is 275 cm³/mol. The van der Waals surface area contributed by atoms with E-state index in [9.17, 15) is 43.2 Å². The van der Waals surface area contributed by atoms with E-state index >= 15 is 0 Å². The van der Waals surface area contributed by atoms with Gasteiger partial charge in [-0.25, -0.2) is 4.98 Å². The lowest BCUT2D eigenvalue weighted by Gasteiger charge is -2.28. The lowest BCUT2D eigenvalue weighted by Crippen LogP contribution is -2.60. The second-order valence-electron chi connectivity index (χ2n) is 18.1. The third-order valence-electron chi connectivity index (χ3n) is 12.3. The molecule has 5 rings (SSSR count). The summed E-state index contributed by atoms with van der Waals surface area (Å²) in [6.45, 7) is 2.99. The van der Waals surface area contributed by atoms with E-state index in [1.54, 1.807) is 36.4 Å². The Balaban J connectivity index is 1.52. The Morgan fingerprint density at radius 2 is 1.43 bits per heavy atom. The molecule has 1 aliphatic rings. The normalized spacial score (nSPS) is 20.0. The number of unbranched alkanes of at least 4 members (excludes halogenated alkanes) is 1. The number of hydrogen-bond acceptors (Lipinski definition) is 11. The molecule has 0 unspecified atom stereocenters. The summed E-state index contributed by atoms with van der Waals surface area (Å²) in [7, 11) is 0. The highest BCUT2D eigenvalue weighted by Crippen LogP contribution is 2.20. The number of aromatic nitrogens is 2. The summed E-state index contributed by atoms with van der Waals surface area (Å²) in [5, 5.41) is 23.3. The third-order valence-corrected chi connectivity index (χ3v) is 12.3. The van der Waals surface area contributed by atoms with Gasteiger partial charge in [-0.1, -0.05) is 92.6 Å². The number of carbonyl (C=O) groups is 9. The van der Waals surface area contributed by atoms with Crippen molar-refractivity contribution in [2.24, 2.45) is 22.2 Å². The molecular formula is C51H68N14O9. The largest absolute Gasteiger partial charge is 0.370 e. The van der Waals surface area contributed by atoms with Gasteiger partial charge in [0, 0.05) is 57.6 Å². The average molecular weight is 1020 g/mol. The number of aromatic amines is 1. The van der Waals surface area contributed by atoms with E-state index in [1.807, 2.05) is 43.3 Å². The molecule has 0 radical (unpaired) electrons. The van der Waals surface area contributed by atoms with Gasteiger partial charge in [0.2, 0.25) is 53.2 Å². The number of aliphatic imine (C=N–C) groups is 1. The molecule has 7 atom stereocenters. The summed E-state index contributed by atoms with van der Waals surface area (Å²) in [5.74, 6) is -7.02. The van der Waals surface area contributed by atoms with E-state index in [2.05, 4.69) is 57.5 Å². The summed E-state index contributed by atoms with van der Waals surface area (Å²) in [4.78, 5) is 136. The minimum Gasteiger partial charge on any atom is -0.370 e. The summed E-state index contributed by atoms with van der Waals surface area (Å²) < 4.78 is 0. The first-order chi connectivity index (χ1) is 35.5. The van der Waals surface area contributed by atoms with Gasteiger partial charge in [0.05, 0.1) is 6.33 Å². The number of nitrogens with two attached hydrogens (primary N) is 3. The van der Waals surface area contributed by atoms with Crippen LogP contribution in [-0.4, -0.2) is 124 Å². The van der Waals surface area contributed by atoms with E-state index in [1.165, 1.54) is 19.4 Å². The van der Waals surface area contributed by atoms with Gasteiger partial charge in [-0.2, -0.15) is 0 Å². The van der Waals surface area contributed by atoms with Crippen molar-refractivity contribution in [3.05, 3.63) is 102 Å². The van der Waals surface area contributed by atoms with Crippen LogP contribution in [-0.2, 0) is 62.4 Å². The molecule has 3 aromatic carbocycles. The van der Waals surface area contributed by atoms with Crippen LogP contribution >= 0.6 is 0 Å². The number of carbonyl (C=O) groups excluding carboxylic acids is 9. The van der Waals surface area contributed by atoms with Gasteiger partial charge in [-0.3, -0.25) is 48.1 Å². The number of guanidine groups is 1. The monoisotopic (exact) mass is 1020 g/mol. The predicted octanol–water partition coefficient (Wildman–Crippen LogP) is -0.967. The van der Waals surface area contributed by atoms with Crippen LogP contribution in [0.4, 0.5) is 0 Å². The van der Waals surface area contributed by atoms with Crippen molar-refractivity contribution in [2.45, 2.75) is 127 Å². The number of nitrogens with one attached hydrogen (secondary N) is 9. The van der Waals surface area contributed by atoms with Crippen LogP contribution in [0.3, 0.4) is 0 Å². The molecule has 15 N–H and O–H groups in total. The smallest absolute Gasteiger partial charge is 0.243 e. The van der Waals surface area contributed by atoms with Crippen LogP contribution in [0.5, 0.6) is 0 Å². The maximum absolute atomic E-state index is 14.6. The molecular weight excluding hydrogens is 953 g/mol. The fourth-order valence-corrected chi connectivity index (χ4v) is 8.38. The zero-order valence-corrected chi connectivity index (χ0v) is 41.6. The van der Waals surface area contributed by atoms with Crippen molar-refractivity contribution in [3.8, 4) is 0 Å². The molecule has 1 aliphatic heterocycles. The molecule has 9 amide bonds. The fourth-order valence-electron chi connectivity index (χ4n) is 8.38. The number of nitrogens with zero attached hydrogens (tertiary/aromatic N) is 2. The quantitative estimate of drug-likeness (QED) is 0.0307. The van der Waals surface area contributed by atoms with Gasteiger partial charge >= 0.3 is 0 Å². The molecule has 0 saturated carbocycles. The van der Waals surface area contributed by atoms with Gasteiger partial charge in [0.1, 0.15) is 42.3 Å². The maximum Gasteiger partial charge on any atom is 0.243 e. The van der Waals surface area contributed by atoms with Crippen LogP contribution in [0.25, 0.3) is 10.8 Å². The van der Waals surface area contributed by atoms with Crippen LogP contribution in [0, 0.1) is 0 Å². The molecule has 0 spiro atoms. The molecule has 23 nitrogen and oxygen atoms in total. The number of imidazole rings is 1. The van der Waals surface area contributed by atoms with E-state index in [0.717, 1.165) is 10.8 Å². The highest BCUT2D eigenvalue weighted by Gasteiger charge is 2.35. The second kappa shape index (κ2) is 28.6. The van der Waals surface area contributed by atoms with Crippen molar-refractivity contribution in [1.82, 2.24) is 52.5 Å². The number of rotatable bonds is 19. The van der Waals surface area contributed by atoms with Crippen molar-refractivity contribution >= 4 is 69.9 Å². The Morgan fingerprint density at radius 3 is 2.12 bits per heavy atom. The average Bonchev–Trinajstić information content (AvgIpc) is 3.89. The molecule has 4 aromatic rings. The molecule has 0 aliphatic carbocycles. The van der Waals surface area contributed by atoms with Gasteiger partial charge < -0.3 is 64.7 Å². The fraction of sp³-hybridized carbons (Fsp3) is 0.431. The van der Waals surface area contributed by atoms with Crippen molar-refractivity contribution < 1.29 is 43.2 Å². The second-order valence-corrected chi connectivity index (χ2v) is 18.1. The first-order valence-corrected chi connectivity index (χ1v) is 24.7. The third kappa shape index (κ3) is 18.0. The SMILES string of the molecule is CCCC[C@H](NC(C)=O)C(=O)N[C@H]1CCC(=O)NCC[C@@H](C(=O)N[C@H](Cc2cccc3ccccc23)C(N)=O)NC(=O)[C@H](CCCN=C(N)N)NC(=O)[C@@H](Cc2ccccc2)NC(=O)[C@H](Cc2cnc[nH]2)NC1=O. The summed E-state index contributed by atoms with van der Waals surface area (Å²) in [6, 6.07) is 12.4. The highest BCUT2D eigenvalue weighted by atomic mass is 16.2. The minimum absolute atomic E-state index is 0.00395. The molecule has 1 aromatic heterocycles. The standard InChI is InChI=1S/C51H68N14O9/c1-3-4-18-36(59-30(2)66)45(69)61-38-20-21-43(67)56-24-22-39(48(72)63-40(44(52)68)26-33-16-10-15-32-14-8-9-17-35(32)33)62-46(70)37(19-11-23-57-51(53)54)60-49(73)41(25-31-12-6-5-7-13-31)64-50(74)42(65-47(38)71)27-34-28-55-29-58-34/h5-10,12-17,28-29,36-42H,3-4,11,18-27H2,1-2H3,(H2,52,68)(H,55,58)(H,56,67)(H,59,66)(H,60,73)(H,61,69)(H,62,70)(H,63,72)(H,64,74)(H,65,71)(H4,53,54,57)/t36-,37-,38-,39-,40+,41+,42-/m0/s1. The number of benzene rings is 3. The first-order valence-electron chi connectivity index (χ1n) is 24.7. The van der Waals surface area contributed by atoms with Gasteiger partial charge in [0.15, 0.2) is 5.96 Å². The number of hydrogen-bond donors (Lipinski definition) is 12. The Morgan fingerprint density at radius 1 is 0.757 bits per heavy atom. The zero-order valence-electron chi connectivity index (χ0n) is 41.6. The molecule has 1 fully saturated rings. The van der Waals surface area contributed by atoms with Crippen LogP contribution in [0.2, 0.25) is 0 Å². The molecule has 23 heteroatoms. The lowest BCUT2D eigenvalue weighted by molar-refractivity contribution is -0.135. The van der Waals surface area contributed by atoms with Crippen molar-refractivity contribution in [2.75, 3.05) is 13.1 Å². The Hall–Kier alpha value is -8.37. The van der Waals surface area contributed by atoms with E-state index in [0.29, 0.717) is 29.7 Å². The summed E-state index contributed by atoms with van der Waals surface area (Å²) >= 11 is 0. The summed E-state index contributed by atoms with van der Waals surface area (Å²) in [6.07, 6.45) is 3.27. The zero-order chi connectivity index (χ0) is 53.6. The van der Waals surface area contributed by atoms with Crippen LogP contribution in [0.15, 0.2) is 90.3 Å². The minimum atomic E-state index is -1.44. The maximum atomic E-state index is 14.6. The van der Waals surface area contributed by atoms with E-state index < -0.39 is 95.5 Å². The van der Waals surface area contributed by atoms with E-state index in [-0.39, 0.29) is 76.8 Å². The molecule has 2 heterocycles. The molecule has 396 valence electrons. The molecule has 74 heavy (non-hydrogen) atoms. The Kier molecular flexibility index (Phi) is 21.9. The molecule has 1 saturated heterocycles. The van der Waals surface area contributed by atoms with Crippen molar-refractivity contribution in [3.63, 3.8) is 0 Å². The lowest BCUT2D eigenvalue weighted by atomic mass is 9.98. The number of H-pyrrole nitrogens is 1. The van der Waals surface area contributed by atoms with Crippen LogP contribution < -0.4 is 59.7 Å². The van der Waals surface area contributed by atoms with E-state index in [4.69, 9.17) is 17.2 Å². The van der Waals surface area contributed by atoms with Crippen LogP contribution in [0.1, 0.15) is 82.0 Å².